The Kier molecular flexibility index (Phi) is 3.56. The lowest BCUT2D eigenvalue weighted by Crippen LogP contribution is -2.35. The molecule has 0 unspecified atom stereocenters. The first-order chi connectivity index (χ1) is 11.1. The maximum atomic E-state index is 5.96. The van der Waals surface area contributed by atoms with Gasteiger partial charge in [-0.05, 0) is 32.6 Å². The molecule has 2 saturated carbocycles. The molecular formula is C17H24N6. The molecular weight excluding hydrogens is 288 g/mol. The summed E-state index contributed by atoms with van der Waals surface area (Å²) >= 11 is 0. The van der Waals surface area contributed by atoms with Crippen LogP contribution < -0.4 is 10.6 Å². The predicted octanol–water partition coefficient (Wildman–Crippen LogP) is 2.23. The Morgan fingerprint density at radius 1 is 1.26 bits per heavy atom. The molecule has 23 heavy (non-hydrogen) atoms. The molecule has 2 aliphatic rings. The third-order valence-electron chi connectivity index (χ3n) is 5.02. The molecule has 0 atom stereocenters. The molecule has 0 radical (unpaired) electrons. The fraction of sp³-hybridized carbons (Fsp3) is 0.588. The van der Waals surface area contributed by atoms with Crippen molar-refractivity contribution in [3.63, 3.8) is 0 Å². The first-order valence-electron chi connectivity index (χ1n) is 8.44. The lowest BCUT2D eigenvalue weighted by Gasteiger charge is -2.32. The number of aryl methyl sites for hydroxylation is 1. The van der Waals surface area contributed by atoms with Crippen LogP contribution in [0.5, 0.6) is 0 Å². The van der Waals surface area contributed by atoms with E-state index in [0.29, 0.717) is 17.9 Å². The second-order valence-electron chi connectivity index (χ2n) is 7.09. The van der Waals surface area contributed by atoms with Crippen LogP contribution in [0.3, 0.4) is 0 Å². The summed E-state index contributed by atoms with van der Waals surface area (Å²) in [6.45, 7) is 2.85. The average Bonchev–Trinajstić information content (AvgIpc) is 3.29. The summed E-state index contributed by atoms with van der Waals surface area (Å²) < 4.78 is 0. The molecule has 2 aliphatic carbocycles. The molecule has 0 aliphatic heterocycles. The topological polar surface area (TPSA) is 83.7 Å². The number of aromatic amines is 1. The maximum Gasteiger partial charge on any atom is 0.134 e. The van der Waals surface area contributed by atoms with Gasteiger partial charge in [0.1, 0.15) is 11.6 Å². The number of anilines is 1. The SMILES string of the molecule is Cc1[nH]ncc1CN(C)c1cc(C2CC(N)C2)nc(C2CC2)n1. The normalized spacial score (nSPS) is 23.6. The summed E-state index contributed by atoms with van der Waals surface area (Å²) in [6.07, 6.45) is 6.42. The van der Waals surface area contributed by atoms with Crippen molar-refractivity contribution in [1.29, 1.82) is 0 Å². The highest BCUT2D eigenvalue weighted by molar-refractivity contribution is 5.42. The van der Waals surface area contributed by atoms with Gasteiger partial charge in [-0.1, -0.05) is 0 Å². The second-order valence-corrected chi connectivity index (χ2v) is 7.09. The number of nitrogens with two attached hydrogens (primary N) is 1. The number of nitrogens with zero attached hydrogens (tertiary/aromatic N) is 4. The zero-order valence-electron chi connectivity index (χ0n) is 13.8. The number of hydrogen-bond donors (Lipinski definition) is 2. The Labute approximate surface area is 136 Å². The summed E-state index contributed by atoms with van der Waals surface area (Å²) in [6, 6.07) is 2.49. The highest BCUT2D eigenvalue weighted by Crippen LogP contribution is 2.41. The van der Waals surface area contributed by atoms with Crippen molar-refractivity contribution >= 4 is 5.82 Å². The second kappa shape index (κ2) is 5.60. The van der Waals surface area contributed by atoms with Gasteiger partial charge < -0.3 is 10.6 Å². The molecule has 6 nitrogen and oxygen atoms in total. The van der Waals surface area contributed by atoms with Gasteiger partial charge in [-0.15, -0.1) is 0 Å². The Balaban J connectivity index is 1.60. The molecule has 0 aromatic carbocycles. The first-order valence-corrected chi connectivity index (χ1v) is 8.44. The van der Waals surface area contributed by atoms with Gasteiger partial charge in [-0.25, -0.2) is 9.97 Å². The van der Waals surface area contributed by atoms with Crippen LogP contribution in [0.4, 0.5) is 5.82 Å². The quantitative estimate of drug-likeness (QED) is 0.884. The van der Waals surface area contributed by atoms with Crippen LogP contribution in [0.15, 0.2) is 12.3 Å². The molecule has 0 saturated heterocycles. The van der Waals surface area contributed by atoms with E-state index in [2.05, 4.69) is 28.2 Å². The third-order valence-corrected chi connectivity index (χ3v) is 5.02. The van der Waals surface area contributed by atoms with Crippen molar-refractivity contribution in [1.82, 2.24) is 20.2 Å². The highest BCUT2D eigenvalue weighted by Gasteiger charge is 2.32. The monoisotopic (exact) mass is 312 g/mol. The van der Waals surface area contributed by atoms with Crippen LogP contribution in [-0.4, -0.2) is 33.3 Å². The molecule has 122 valence electrons. The van der Waals surface area contributed by atoms with Crippen molar-refractivity contribution in [2.75, 3.05) is 11.9 Å². The number of hydrogen-bond acceptors (Lipinski definition) is 5. The van der Waals surface area contributed by atoms with Gasteiger partial charge in [0.25, 0.3) is 0 Å². The number of aromatic nitrogens is 4. The number of H-pyrrole nitrogens is 1. The maximum absolute atomic E-state index is 5.96. The van der Waals surface area contributed by atoms with Crippen LogP contribution in [0.2, 0.25) is 0 Å². The van der Waals surface area contributed by atoms with Gasteiger partial charge in [-0.3, -0.25) is 5.10 Å². The third kappa shape index (κ3) is 2.95. The summed E-state index contributed by atoms with van der Waals surface area (Å²) in [5.41, 5.74) is 9.44. The van der Waals surface area contributed by atoms with Crippen LogP contribution in [0.25, 0.3) is 0 Å². The minimum absolute atomic E-state index is 0.342. The molecule has 2 aromatic heterocycles. The molecule has 4 rings (SSSR count). The molecule has 0 amide bonds. The van der Waals surface area contributed by atoms with E-state index < -0.39 is 0 Å². The average molecular weight is 312 g/mol. The van der Waals surface area contributed by atoms with Crippen LogP contribution in [-0.2, 0) is 6.54 Å². The summed E-state index contributed by atoms with van der Waals surface area (Å²) in [5.74, 6) is 3.10. The predicted molar refractivity (Wildman–Crippen MR) is 89.4 cm³/mol. The Morgan fingerprint density at radius 2 is 2.04 bits per heavy atom. The van der Waals surface area contributed by atoms with E-state index in [-0.39, 0.29) is 0 Å². The van der Waals surface area contributed by atoms with Crippen molar-refractivity contribution in [2.45, 2.75) is 57.0 Å². The zero-order valence-corrected chi connectivity index (χ0v) is 13.8. The number of nitrogens with one attached hydrogen (secondary N) is 1. The van der Waals surface area contributed by atoms with E-state index in [1.807, 2.05) is 13.1 Å². The smallest absolute Gasteiger partial charge is 0.134 e. The summed E-state index contributed by atoms with van der Waals surface area (Å²) in [7, 11) is 2.09. The fourth-order valence-electron chi connectivity index (χ4n) is 3.18. The van der Waals surface area contributed by atoms with E-state index in [1.165, 1.54) is 24.1 Å². The molecule has 6 heteroatoms. The largest absolute Gasteiger partial charge is 0.355 e. The van der Waals surface area contributed by atoms with E-state index in [0.717, 1.165) is 36.7 Å². The standard InChI is InChI=1S/C17H24N6/c1-10-13(8-19-22-10)9-23(2)16-7-15(12-5-14(18)6-12)20-17(21-16)11-3-4-11/h7-8,11-12,14H,3-6,9,18H2,1-2H3,(H,19,22). The zero-order chi connectivity index (χ0) is 16.0. The molecule has 2 aromatic rings. The van der Waals surface area contributed by atoms with Crippen molar-refractivity contribution in [3.05, 3.63) is 35.0 Å². The fourth-order valence-corrected chi connectivity index (χ4v) is 3.18. The van der Waals surface area contributed by atoms with Gasteiger partial charge in [0.15, 0.2) is 0 Å². The van der Waals surface area contributed by atoms with Crippen LogP contribution in [0, 0.1) is 6.92 Å². The Bertz CT molecular complexity index is 699. The molecule has 3 N–H and O–H groups in total. The van der Waals surface area contributed by atoms with Crippen molar-refractivity contribution < 1.29 is 0 Å². The van der Waals surface area contributed by atoms with E-state index in [9.17, 15) is 0 Å². The van der Waals surface area contributed by atoms with Crippen LogP contribution in [0.1, 0.15) is 60.3 Å². The van der Waals surface area contributed by atoms with Crippen LogP contribution >= 0.6 is 0 Å². The van der Waals surface area contributed by atoms with Gasteiger partial charge >= 0.3 is 0 Å². The molecule has 0 spiro atoms. The summed E-state index contributed by atoms with van der Waals surface area (Å²) in [4.78, 5) is 11.8. The minimum Gasteiger partial charge on any atom is -0.355 e. The molecule has 2 heterocycles. The molecule has 0 bridgehead atoms. The molecule has 2 fully saturated rings. The first kappa shape index (κ1) is 14.6. The lowest BCUT2D eigenvalue weighted by molar-refractivity contribution is 0.344. The van der Waals surface area contributed by atoms with Gasteiger partial charge in [0, 0.05) is 54.5 Å². The van der Waals surface area contributed by atoms with E-state index in [1.54, 1.807) is 0 Å². The van der Waals surface area contributed by atoms with Gasteiger partial charge in [0.05, 0.1) is 6.20 Å². The van der Waals surface area contributed by atoms with Gasteiger partial charge in [0.2, 0.25) is 0 Å². The van der Waals surface area contributed by atoms with Crippen molar-refractivity contribution in [2.24, 2.45) is 5.73 Å². The van der Waals surface area contributed by atoms with E-state index in [4.69, 9.17) is 15.7 Å². The van der Waals surface area contributed by atoms with E-state index >= 15 is 0 Å². The minimum atomic E-state index is 0.342. The summed E-state index contributed by atoms with van der Waals surface area (Å²) in [5, 5.41) is 7.10. The number of rotatable bonds is 5. The lowest BCUT2D eigenvalue weighted by atomic mass is 9.78. The van der Waals surface area contributed by atoms with Gasteiger partial charge in [-0.2, -0.15) is 5.10 Å². The Hall–Kier alpha value is -1.95. The van der Waals surface area contributed by atoms with Crippen molar-refractivity contribution in [3.8, 4) is 0 Å². The Morgan fingerprint density at radius 3 is 2.65 bits per heavy atom. The highest BCUT2D eigenvalue weighted by atomic mass is 15.2.